The number of likely N-dealkylation sites (tertiary alicyclic amines) is 1. The SMILES string of the molecule is CCOC(=O)N1CCC(NC2CCC(CC)C2)CC1. The Balaban J connectivity index is 1.68. The first kappa shape index (κ1) is 14.6. The number of nitrogens with one attached hydrogen (secondary N) is 1. The monoisotopic (exact) mass is 268 g/mol. The van der Waals surface area contributed by atoms with Crippen molar-refractivity contribution >= 4 is 6.09 Å². The predicted octanol–water partition coefficient (Wildman–Crippen LogP) is 2.78. The molecule has 0 bridgehead atoms. The van der Waals surface area contributed by atoms with Crippen LogP contribution in [0.1, 0.15) is 52.4 Å². The van der Waals surface area contributed by atoms with Crippen LogP contribution in [0, 0.1) is 5.92 Å². The summed E-state index contributed by atoms with van der Waals surface area (Å²) in [5.74, 6) is 0.928. The lowest BCUT2D eigenvalue weighted by Gasteiger charge is -2.33. The molecule has 4 heteroatoms. The first-order valence-corrected chi connectivity index (χ1v) is 7.90. The molecule has 1 heterocycles. The minimum absolute atomic E-state index is 0.145. The third kappa shape index (κ3) is 4.10. The van der Waals surface area contributed by atoms with E-state index in [0.29, 0.717) is 18.7 Å². The highest BCUT2D eigenvalue weighted by Gasteiger charge is 2.28. The van der Waals surface area contributed by atoms with Crippen molar-refractivity contribution in [1.82, 2.24) is 10.2 Å². The molecule has 4 nitrogen and oxygen atoms in total. The highest BCUT2D eigenvalue weighted by atomic mass is 16.6. The summed E-state index contributed by atoms with van der Waals surface area (Å²) in [5.41, 5.74) is 0. The van der Waals surface area contributed by atoms with Crippen molar-refractivity contribution in [2.75, 3.05) is 19.7 Å². The maximum absolute atomic E-state index is 11.6. The summed E-state index contributed by atoms with van der Waals surface area (Å²) in [6.45, 7) is 6.29. The third-order valence-electron chi connectivity index (χ3n) is 4.61. The van der Waals surface area contributed by atoms with Gasteiger partial charge in [0.2, 0.25) is 0 Å². The van der Waals surface area contributed by atoms with Crippen molar-refractivity contribution in [2.45, 2.75) is 64.5 Å². The molecule has 1 aliphatic heterocycles. The van der Waals surface area contributed by atoms with Crippen LogP contribution in [0.4, 0.5) is 4.79 Å². The maximum atomic E-state index is 11.6. The van der Waals surface area contributed by atoms with Gasteiger partial charge in [-0.15, -0.1) is 0 Å². The molecule has 1 amide bonds. The van der Waals surface area contributed by atoms with Gasteiger partial charge in [-0.25, -0.2) is 4.79 Å². The molecule has 1 N–H and O–H groups in total. The number of rotatable bonds is 4. The molecular weight excluding hydrogens is 240 g/mol. The van der Waals surface area contributed by atoms with Crippen molar-refractivity contribution in [3.63, 3.8) is 0 Å². The van der Waals surface area contributed by atoms with Crippen molar-refractivity contribution in [1.29, 1.82) is 0 Å². The average Bonchev–Trinajstić information content (AvgIpc) is 2.87. The molecule has 0 aromatic rings. The summed E-state index contributed by atoms with van der Waals surface area (Å²) >= 11 is 0. The Morgan fingerprint density at radius 3 is 2.47 bits per heavy atom. The largest absolute Gasteiger partial charge is 0.450 e. The van der Waals surface area contributed by atoms with E-state index < -0.39 is 0 Å². The fraction of sp³-hybridized carbons (Fsp3) is 0.933. The van der Waals surface area contributed by atoms with Crippen LogP contribution in [0.2, 0.25) is 0 Å². The van der Waals surface area contributed by atoms with Gasteiger partial charge in [-0.3, -0.25) is 0 Å². The Kier molecular flexibility index (Phi) is 5.49. The summed E-state index contributed by atoms with van der Waals surface area (Å²) in [5, 5.41) is 3.79. The molecule has 2 fully saturated rings. The second kappa shape index (κ2) is 7.13. The minimum atomic E-state index is -0.145. The van der Waals surface area contributed by atoms with E-state index in [1.165, 1.54) is 25.7 Å². The van der Waals surface area contributed by atoms with E-state index >= 15 is 0 Å². The van der Waals surface area contributed by atoms with Crippen molar-refractivity contribution in [3.8, 4) is 0 Å². The third-order valence-corrected chi connectivity index (χ3v) is 4.61. The molecule has 2 unspecified atom stereocenters. The zero-order valence-electron chi connectivity index (χ0n) is 12.4. The van der Waals surface area contributed by atoms with Crippen molar-refractivity contribution in [3.05, 3.63) is 0 Å². The number of amides is 1. The molecule has 19 heavy (non-hydrogen) atoms. The van der Waals surface area contributed by atoms with Gasteiger partial charge < -0.3 is 15.0 Å². The van der Waals surface area contributed by atoms with E-state index in [4.69, 9.17) is 4.74 Å². The molecule has 0 aromatic carbocycles. The van der Waals surface area contributed by atoms with Crippen LogP contribution in [-0.4, -0.2) is 42.8 Å². The van der Waals surface area contributed by atoms with E-state index in [9.17, 15) is 4.79 Å². The second-order valence-electron chi connectivity index (χ2n) is 5.91. The molecule has 0 spiro atoms. The van der Waals surface area contributed by atoms with E-state index in [1.807, 2.05) is 11.8 Å². The smallest absolute Gasteiger partial charge is 0.409 e. The van der Waals surface area contributed by atoms with Crippen LogP contribution < -0.4 is 5.32 Å². The molecule has 1 saturated heterocycles. The van der Waals surface area contributed by atoms with E-state index in [-0.39, 0.29) is 6.09 Å². The maximum Gasteiger partial charge on any atom is 0.409 e. The molecule has 1 saturated carbocycles. The number of nitrogens with zero attached hydrogens (tertiary/aromatic N) is 1. The molecule has 2 rings (SSSR count). The van der Waals surface area contributed by atoms with Gasteiger partial charge in [-0.2, -0.15) is 0 Å². The molecule has 1 aliphatic carbocycles. The summed E-state index contributed by atoms with van der Waals surface area (Å²) in [7, 11) is 0. The van der Waals surface area contributed by atoms with E-state index in [2.05, 4.69) is 12.2 Å². The molecule has 0 aromatic heterocycles. The normalized spacial score (nSPS) is 28.6. The fourth-order valence-corrected chi connectivity index (χ4v) is 3.37. The quantitative estimate of drug-likeness (QED) is 0.852. The zero-order chi connectivity index (χ0) is 13.7. The fourth-order valence-electron chi connectivity index (χ4n) is 3.37. The van der Waals surface area contributed by atoms with Crippen LogP contribution in [0.5, 0.6) is 0 Å². The van der Waals surface area contributed by atoms with Gasteiger partial charge >= 0.3 is 6.09 Å². The molecule has 2 aliphatic rings. The Hall–Kier alpha value is -0.770. The molecule has 2 atom stereocenters. The van der Waals surface area contributed by atoms with Crippen LogP contribution >= 0.6 is 0 Å². The van der Waals surface area contributed by atoms with Crippen LogP contribution in [0.3, 0.4) is 0 Å². The lowest BCUT2D eigenvalue weighted by molar-refractivity contribution is 0.0942. The van der Waals surface area contributed by atoms with Crippen LogP contribution in [0.15, 0.2) is 0 Å². The highest BCUT2D eigenvalue weighted by Crippen LogP contribution is 2.28. The van der Waals surface area contributed by atoms with Gasteiger partial charge in [0.05, 0.1) is 6.61 Å². The Labute approximate surface area is 116 Å². The Morgan fingerprint density at radius 2 is 1.89 bits per heavy atom. The summed E-state index contributed by atoms with van der Waals surface area (Å²) in [6.07, 6.45) is 7.35. The molecule has 110 valence electrons. The average molecular weight is 268 g/mol. The number of carbonyl (C=O) groups excluding carboxylic acids is 1. The number of piperidine rings is 1. The number of hydrogen-bond donors (Lipinski definition) is 1. The minimum Gasteiger partial charge on any atom is -0.450 e. The highest BCUT2D eigenvalue weighted by molar-refractivity contribution is 5.67. The standard InChI is InChI=1S/C15H28N2O2/c1-3-12-5-6-14(11-12)16-13-7-9-17(10-8-13)15(18)19-4-2/h12-14,16H,3-11H2,1-2H3. The number of ether oxygens (including phenoxy) is 1. The molecule has 0 radical (unpaired) electrons. The summed E-state index contributed by atoms with van der Waals surface area (Å²) < 4.78 is 5.05. The zero-order valence-corrected chi connectivity index (χ0v) is 12.4. The van der Waals surface area contributed by atoms with Crippen LogP contribution in [-0.2, 0) is 4.74 Å². The lowest BCUT2D eigenvalue weighted by Crippen LogP contribution is -2.47. The number of carbonyl (C=O) groups is 1. The van der Waals surface area contributed by atoms with Gasteiger partial charge in [0, 0.05) is 25.2 Å². The van der Waals surface area contributed by atoms with Gasteiger partial charge in [0.1, 0.15) is 0 Å². The topological polar surface area (TPSA) is 41.6 Å². The Bertz CT molecular complexity index is 288. The first-order valence-electron chi connectivity index (χ1n) is 7.90. The van der Waals surface area contributed by atoms with Gasteiger partial charge in [0.25, 0.3) is 0 Å². The Morgan fingerprint density at radius 1 is 1.16 bits per heavy atom. The summed E-state index contributed by atoms with van der Waals surface area (Å²) in [4.78, 5) is 13.5. The summed E-state index contributed by atoms with van der Waals surface area (Å²) in [6, 6.07) is 1.30. The van der Waals surface area contributed by atoms with Gasteiger partial charge in [-0.05, 0) is 44.9 Å². The van der Waals surface area contributed by atoms with Gasteiger partial charge in [0.15, 0.2) is 0 Å². The van der Waals surface area contributed by atoms with Gasteiger partial charge in [-0.1, -0.05) is 13.3 Å². The van der Waals surface area contributed by atoms with E-state index in [0.717, 1.165) is 31.8 Å². The predicted molar refractivity (Wildman–Crippen MR) is 76.2 cm³/mol. The number of hydrogen-bond acceptors (Lipinski definition) is 3. The van der Waals surface area contributed by atoms with Crippen LogP contribution in [0.25, 0.3) is 0 Å². The first-order chi connectivity index (χ1) is 9.22. The molecular formula is C15H28N2O2. The van der Waals surface area contributed by atoms with E-state index in [1.54, 1.807) is 0 Å². The lowest BCUT2D eigenvalue weighted by atomic mass is 10.0. The van der Waals surface area contributed by atoms with Crippen molar-refractivity contribution < 1.29 is 9.53 Å². The second-order valence-corrected chi connectivity index (χ2v) is 5.91. The van der Waals surface area contributed by atoms with Crippen molar-refractivity contribution in [2.24, 2.45) is 5.92 Å².